The second-order valence-electron chi connectivity index (χ2n) is 8.75. The van der Waals surface area contributed by atoms with Gasteiger partial charge in [-0.3, -0.25) is 0 Å². The molecule has 0 saturated heterocycles. The van der Waals surface area contributed by atoms with Crippen LogP contribution < -0.4 is 5.32 Å². The number of aryl methyl sites for hydroxylation is 1. The molecular weight excluding hydrogens is 380 g/mol. The number of benzene rings is 2. The van der Waals surface area contributed by atoms with Crippen molar-refractivity contribution in [3.63, 3.8) is 0 Å². The third-order valence-corrected chi connectivity index (χ3v) is 6.03. The van der Waals surface area contributed by atoms with Crippen molar-refractivity contribution in [3.05, 3.63) is 76.7 Å². The summed E-state index contributed by atoms with van der Waals surface area (Å²) in [6, 6.07) is 17.2. The number of fused-ring (bicyclic) bond motifs is 3. The summed E-state index contributed by atoms with van der Waals surface area (Å²) >= 11 is 0. The number of unbranched alkanes of at least 4 members (excludes halogenated alkanes) is 1. The number of hydrogen-bond acceptors (Lipinski definition) is 4. The van der Waals surface area contributed by atoms with E-state index in [-0.39, 0.29) is 0 Å². The number of rotatable bonds is 10. The summed E-state index contributed by atoms with van der Waals surface area (Å²) in [6.07, 6.45) is 5.28. The molecule has 0 bridgehead atoms. The Kier molecular flexibility index (Phi) is 6.98. The highest BCUT2D eigenvalue weighted by atomic mass is 15.1. The minimum atomic E-state index is 0.762. The van der Waals surface area contributed by atoms with E-state index in [0.29, 0.717) is 0 Å². The van der Waals surface area contributed by atoms with Crippen LogP contribution >= 0.6 is 0 Å². The molecule has 4 nitrogen and oxygen atoms in total. The van der Waals surface area contributed by atoms with Crippen LogP contribution in [-0.4, -0.2) is 41.5 Å². The van der Waals surface area contributed by atoms with Crippen molar-refractivity contribution >= 4 is 5.82 Å². The van der Waals surface area contributed by atoms with Crippen molar-refractivity contribution in [3.8, 4) is 11.1 Å². The normalized spacial score (nSPS) is 12.1. The number of anilines is 1. The van der Waals surface area contributed by atoms with Crippen LogP contribution in [0.3, 0.4) is 0 Å². The average Bonchev–Trinajstić information content (AvgIpc) is 3.13. The highest BCUT2D eigenvalue weighted by molar-refractivity contribution is 5.84. The number of aromatic nitrogens is 2. The van der Waals surface area contributed by atoms with Gasteiger partial charge in [0.1, 0.15) is 11.6 Å². The van der Waals surface area contributed by atoms with Crippen LogP contribution in [0, 0.1) is 6.92 Å². The van der Waals surface area contributed by atoms with Crippen LogP contribution in [0.1, 0.15) is 54.4 Å². The number of nitrogens with zero attached hydrogens (tertiary/aromatic N) is 3. The summed E-state index contributed by atoms with van der Waals surface area (Å²) < 4.78 is 0. The van der Waals surface area contributed by atoms with Crippen molar-refractivity contribution in [1.82, 2.24) is 14.9 Å². The van der Waals surface area contributed by atoms with E-state index in [4.69, 9.17) is 9.97 Å². The van der Waals surface area contributed by atoms with E-state index in [1.54, 1.807) is 0 Å². The van der Waals surface area contributed by atoms with E-state index < -0.39 is 0 Å². The van der Waals surface area contributed by atoms with Gasteiger partial charge in [0.25, 0.3) is 0 Å². The molecule has 162 valence electrons. The quantitative estimate of drug-likeness (QED) is 0.349. The van der Waals surface area contributed by atoms with E-state index >= 15 is 0 Å². The van der Waals surface area contributed by atoms with Gasteiger partial charge in [0, 0.05) is 24.9 Å². The molecule has 3 aromatic rings. The lowest BCUT2D eigenvalue weighted by atomic mass is 10.0. The molecule has 4 rings (SSSR count). The maximum Gasteiger partial charge on any atom is 0.137 e. The molecule has 1 N–H and O–H groups in total. The van der Waals surface area contributed by atoms with Crippen LogP contribution in [0.15, 0.2) is 48.5 Å². The standard InChI is InChI=1S/C27H34N4/c1-4-5-15-31(3)16-9-14-28-27-26-23-13-12-20(2)17-22(23)19-24(26)29-25(30-27)18-21-10-7-6-8-11-21/h6-8,10-13,17H,4-5,9,14-16,18-19H2,1-3H3,(H,28,29,30). The zero-order valence-electron chi connectivity index (χ0n) is 19.1. The van der Waals surface area contributed by atoms with Crippen molar-refractivity contribution in [2.75, 3.05) is 32.0 Å². The van der Waals surface area contributed by atoms with Crippen LogP contribution in [-0.2, 0) is 12.8 Å². The van der Waals surface area contributed by atoms with Gasteiger partial charge in [0.05, 0.1) is 5.69 Å². The predicted molar refractivity (Wildman–Crippen MR) is 130 cm³/mol. The Hall–Kier alpha value is -2.72. The average molecular weight is 415 g/mol. The van der Waals surface area contributed by atoms with Crippen molar-refractivity contribution < 1.29 is 0 Å². The molecule has 1 aromatic heterocycles. The summed E-state index contributed by atoms with van der Waals surface area (Å²) in [5.41, 5.74) is 7.55. The molecule has 0 fully saturated rings. The van der Waals surface area contributed by atoms with Gasteiger partial charge in [0.15, 0.2) is 0 Å². The second-order valence-corrected chi connectivity index (χ2v) is 8.75. The minimum absolute atomic E-state index is 0.762. The molecule has 0 atom stereocenters. The molecule has 2 aromatic carbocycles. The molecule has 0 aliphatic heterocycles. The molecule has 4 heteroatoms. The van der Waals surface area contributed by atoms with E-state index in [1.165, 1.54) is 47.2 Å². The van der Waals surface area contributed by atoms with Crippen molar-refractivity contribution in [1.29, 1.82) is 0 Å². The van der Waals surface area contributed by atoms with Gasteiger partial charge < -0.3 is 10.2 Å². The van der Waals surface area contributed by atoms with Gasteiger partial charge in [-0.15, -0.1) is 0 Å². The molecular formula is C27H34N4. The first-order valence-electron chi connectivity index (χ1n) is 11.6. The summed E-state index contributed by atoms with van der Waals surface area (Å²) in [6.45, 7) is 7.60. The summed E-state index contributed by atoms with van der Waals surface area (Å²) in [7, 11) is 2.22. The van der Waals surface area contributed by atoms with Gasteiger partial charge in [-0.25, -0.2) is 9.97 Å². The monoisotopic (exact) mass is 414 g/mol. The van der Waals surface area contributed by atoms with Crippen LogP contribution in [0.4, 0.5) is 5.82 Å². The molecule has 0 spiro atoms. The van der Waals surface area contributed by atoms with Gasteiger partial charge in [-0.1, -0.05) is 67.4 Å². The fourth-order valence-corrected chi connectivity index (χ4v) is 4.34. The van der Waals surface area contributed by atoms with E-state index in [0.717, 1.165) is 49.7 Å². The Morgan fingerprint density at radius 3 is 2.61 bits per heavy atom. The maximum atomic E-state index is 4.99. The van der Waals surface area contributed by atoms with Crippen molar-refractivity contribution in [2.24, 2.45) is 0 Å². The fourth-order valence-electron chi connectivity index (χ4n) is 4.34. The molecule has 1 heterocycles. The maximum absolute atomic E-state index is 4.99. The Morgan fingerprint density at radius 1 is 1.00 bits per heavy atom. The van der Waals surface area contributed by atoms with Gasteiger partial charge >= 0.3 is 0 Å². The van der Waals surface area contributed by atoms with Crippen LogP contribution in [0.2, 0.25) is 0 Å². The number of nitrogens with one attached hydrogen (secondary N) is 1. The Labute approximate surface area is 186 Å². The summed E-state index contributed by atoms with van der Waals surface area (Å²) in [5, 5.41) is 3.66. The Balaban J connectivity index is 1.54. The Morgan fingerprint density at radius 2 is 1.81 bits per heavy atom. The topological polar surface area (TPSA) is 41.0 Å². The summed E-state index contributed by atoms with van der Waals surface area (Å²) in [5.74, 6) is 1.90. The lowest BCUT2D eigenvalue weighted by molar-refractivity contribution is 0.327. The zero-order chi connectivity index (χ0) is 21.6. The molecule has 0 unspecified atom stereocenters. The first-order valence-corrected chi connectivity index (χ1v) is 11.6. The highest BCUT2D eigenvalue weighted by Gasteiger charge is 2.25. The molecule has 1 aliphatic carbocycles. The van der Waals surface area contributed by atoms with Gasteiger partial charge in [-0.2, -0.15) is 0 Å². The van der Waals surface area contributed by atoms with Crippen LogP contribution in [0.5, 0.6) is 0 Å². The largest absolute Gasteiger partial charge is 0.369 e. The highest BCUT2D eigenvalue weighted by Crippen LogP contribution is 2.40. The predicted octanol–water partition coefficient (Wildman–Crippen LogP) is 5.48. The number of hydrogen-bond donors (Lipinski definition) is 1. The Bertz CT molecular complexity index is 1010. The second kappa shape index (κ2) is 10.1. The van der Waals surface area contributed by atoms with Gasteiger partial charge in [0.2, 0.25) is 0 Å². The summed E-state index contributed by atoms with van der Waals surface area (Å²) in [4.78, 5) is 12.4. The molecule has 0 amide bonds. The van der Waals surface area contributed by atoms with Crippen LogP contribution in [0.25, 0.3) is 11.1 Å². The zero-order valence-corrected chi connectivity index (χ0v) is 19.1. The fraction of sp³-hybridized carbons (Fsp3) is 0.407. The minimum Gasteiger partial charge on any atom is -0.369 e. The van der Waals surface area contributed by atoms with Gasteiger partial charge in [-0.05, 0) is 56.6 Å². The lowest BCUT2D eigenvalue weighted by Gasteiger charge is -2.17. The van der Waals surface area contributed by atoms with Crippen molar-refractivity contribution in [2.45, 2.75) is 46.0 Å². The van der Waals surface area contributed by atoms with E-state index in [9.17, 15) is 0 Å². The SMILES string of the molecule is CCCCN(C)CCCNc1nc(Cc2ccccc2)nc2c1-c1ccc(C)cc1C2. The first kappa shape index (κ1) is 21.5. The third-order valence-electron chi connectivity index (χ3n) is 6.03. The molecule has 31 heavy (non-hydrogen) atoms. The molecule has 0 saturated carbocycles. The molecule has 1 aliphatic rings. The van der Waals surface area contributed by atoms with E-state index in [1.807, 2.05) is 0 Å². The third kappa shape index (κ3) is 5.31. The first-order chi connectivity index (χ1) is 15.1. The lowest BCUT2D eigenvalue weighted by Crippen LogP contribution is -2.23. The van der Waals surface area contributed by atoms with E-state index in [2.05, 4.69) is 79.6 Å². The molecule has 0 radical (unpaired) electrons. The smallest absolute Gasteiger partial charge is 0.137 e.